The minimum Gasteiger partial charge on any atom is -0.368 e. The van der Waals surface area contributed by atoms with E-state index in [0.29, 0.717) is 0 Å². The van der Waals surface area contributed by atoms with Gasteiger partial charge in [0.25, 0.3) is 0 Å². The fourth-order valence-electron chi connectivity index (χ4n) is 2.91. The number of benzene rings is 1. The van der Waals surface area contributed by atoms with Crippen molar-refractivity contribution in [3.8, 4) is 0 Å². The molecule has 140 valence electrons. The Bertz CT molecular complexity index is 804. The zero-order chi connectivity index (χ0) is 18.3. The third-order valence-corrected chi connectivity index (χ3v) is 6.40. The maximum absolute atomic E-state index is 5.97. The first-order chi connectivity index (χ1) is 12.5. The van der Waals surface area contributed by atoms with Crippen molar-refractivity contribution in [1.29, 1.82) is 0 Å². The normalized spacial score (nSPS) is 20.0. The monoisotopic (exact) mass is 391 g/mol. The van der Waals surface area contributed by atoms with Crippen LogP contribution >= 0.6 is 23.1 Å². The van der Waals surface area contributed by atoms with E-state index in [1.165, 1.54) is 10.4 Å². The summed E-state index contributed by atoms with van der Waals surface area (Å²) < 4.78 is 13.2. The molecule has 1 aromatic carbocycles. The molecule has 0 bridgehead atoms. The van der Waals surface area contributed by atoms with E-state index in [2.05, 4.69) is 23.1 Å². The highest BCUT2D eigenvalue weighted by atomic mass is 32.2. The van der Waals surface area contributed by atoms with E-state index in [9.17, 15) is 0 Å². The fraction of sp³-hybridized carbons (Fsp3) is 0.579. The minimum absolute atomic E-state index is 0.0138. The Morgan fingerprint density at radius 2 is 1.85 bits per heavy atom. The summed E-state index contributed by atoms with van der Waals surface area (Å²) in [5.41, 5.74) is 2.35. The van der Waals surface area contributed by atoms with Gasteiger partial charge in [0, 0.05) is 24.5 Å². The molecule has 1 atom stereocenters. The van der Waals surface area contributed by atoms with Gasteiger partial charge in [-0.2, -0.15) is 0 Å². The summed E-state index contributed by atoms with van der Waals surface area (Å²) in [4.78, 5) is 12.0. The van der Waals surface area contributed by atoms with Crippen LogP contribution in [0.3, 0.4) is 0 Å². The number of fused-ring (bicyclic) bond motifs is 1. The second-order valence-corrected chi connectivity index (χ2v) is 9.25. The topological polar surface area (TPSA) is 46.7 Å². The number of aliphatic imine (C=N–C) groups is 1. The van der Waals surface area contributed by atoms with Crippen LogP contribution in [0.1, 0.15) is 32.7 Å². The van der Waals surface area contributed by atoms with E-state index in [1.807, 2.05) is 27.7 Å². The van der Waals surface area contributed by atoms with Gasteiger partial charge in [-0.15, -0.1) is 23.1 Å². The van der Waals surface area contributed by atoms with Gasteiger partial charge in [0.1, 0.15) is 16.1 Å². The van der Waals surface area contributed by atoms with Crippen LogP contribution in [0.25, 0.3) is 10.2 Å². The van der Waals surface area contributed by atoms with Gasteiger partial charge in [0.2, 0.25) is 0 Å². The van der Waals surface area contributed by atoms with Gasteiger partial charge in [-0.05, 0) is 45.9 Å². The Balaban J connectivity index is 1.55. The number of thiazole rings is 1. The Kier molecular flexibility index (Phi) is 5.23. The van der Waals surface area contributed by atoms with Crippen molar-refractivity contribution in [2.24, 2.45) is 4.99 Å². The highest BCUT2D eigenvalue weighted by molar-refractivity contribution is 8.15. The molecule has 2 aliphatic heterocycles. The number of aromatic nitrogens is 1. The van der Waals surface area contributed by atoms with E-state index < -0.39 is 0 Å². The molecule has 4 rings (SSSR count). The number of hydrogen-bond donors (Lipinski definition) is 0. The van der Waals surface area contributed by atoms with Gasteiger partial charge in [-0.3, -0.25) is 4.99 Å². The maximum Gasteiger partial charge on any atom is 0.181 e. The molecule has 0 radical (unpaired) electrons. The molecule has 0 saturated carbocycles. The van der Waals surface area contributed by atoms with Crippen LogP contribution in [0.15, 0.2) is 23.2 Å². The molecular weight excluding hydrogens is 366 g/mol. The number of nitrogens with zero attached hydrogens (tertiary/aromatic N) is 3. The number of ether oxygens (including phenoxy) is 2. The molecule has 1 aromatic heterocycles. The van der Waals surface area contributed by atoms with Gasteiger partial charge in [0.15, 0.2) is 6.29 Å². The number of rotatable bonds is 7. The van der Waals surface area contributed by atoms with Crippen LogP contribution in [0.5, 0.6) is 0 Å². The zero-order valence-corrected chi connectivity index (χ0v) is 17.3. The lowest BCUT2D eigenvalue weighted by Crippen LogP contribution is -2.35. The summed E-state index contributed by atoms with van der Waals surface area (Å²) >= 11 is 3.48. The fourth-order valence-corrected chi connectivity index (χ4v) is 5.04. The lowest BCUT2D eigenvalue weighted by atomic mass is 10.3. The van der Waals surface area contributed by atoms with Gasteiger partial charge in [-0.25, -0.2) is 4.98 Å². The largest absolute Gasteiger partial charge is 0.368 e. The lowest BCUT2D eigenvalue weighted by Gasteiger charge is -2.25. The predicted molar refractivity (Wildman–Crippen MR) is 111 cm³/mol. The Morgan fingerprint density at radius 3 is 2.50 bits per heavy atom. The summed E-state index contributed by atoms with van der Waals surface area (Å²) in [7, 11) is 0. The highest BCUT2D eigenvalue weighted by Gasteiger charge is 2.31. The molecule has 1 unspecified atom stereocenters. The summed E-state index contributed by atoms with van der Waals surface area (Å²) in [6, 6.07) is 6.54. The van der Waals surface area contributed by atoms with Crippen LogP contribution in [-0.4, -0.2) is 53.4 Å². The summed E-state index contributed by atoms with van der Waals surface area (Å²) in [6.45, 7) is 10.5. The van der Waals surface area contributed by atoms with Crippen molar-refractivity contribution >= 4 is 44.0 Å². The van der Waals surface area contributed by atoms with E-state index in [4.69, 9.17) is 19.5 Å². The second-order valence-electron chi connectivity index (χ2n) is 7.21. The Labute approximate surface area is 162 Å². The molecule has 3 heterocycles. The zero-order valence-electron chi connectivity index (χ0n) is 15.6. The van der Waals surface area contributed by atoms with Crippen molar-refractivity contribution in [3.05, 3.63) is 23.2 Å². The first kappa shape index (κ1) is 18.2. The molecule has 0 amide bonds. The van der Waals surface area contributed by atoms with Gasteiger partial charge >= 0.3 is 0 Å². The first-order valence-corrected chi connectivity index (χ1v) is 11.0. The Morgan fingerprint density at radius 1 is 1.12 bits per heavy atom. The Hall–Kier alpha value is -1.15. The van der Waals surface area contributed by atoms with Crippen molar-refractivity contribution in [2.75, 3.05) is 23.7 Å². The number of thioether (sulfide) groups is 1. The standard InChI is InChI=1S/C19H25N3O2S2/c1-11(2)23-19(24-12(3)4)15-10-25-17(21-15)18-20-14-6-5-13(22-7-8-22)9-16(14)26-18/h5-6,9,11-12,15,19H,7-8,10H2,1-4H3. The maximum atomic E-state index is 5.97. The van der Waals surface area contributed by atoms with Crippen molar-refractivity contribution in [2.45, 2.75) is 52.2 Å². The second kappa shape index (κ2) is 7.46. The lowest BCUT2D eigenvalue weighted by molar-refractivity contribution is -0.187. The van der Waals surface area contributed by atoms with Crippen LogP contribution < -0.4 is 4.90 Å². The molecule has 1 fully saturated rings. The van der Waals surface area contributed by atoms with Crippen molar-refractivity contribution in [1.82, 2.24) is 4.98 Å². The van der Waals surface area contributed by atoms with Crippen LogP contribution in [0.2, 0.25) is 0 Å². The molecule has 5 nitrogen and oxygen atoms in total. The van der Waals surface area contributed by atoms with E-state index in [1.54, 1.807) is 23.1 Å². The van der Waals surface area contributed by atoms with E-state index >= 15 is 0 Å². The summed E-state index contributed by atoms with van der Waals surface area (Å²) in [6.07, 6.45) is -0.0776. The smallest absolute Gasteiger partial charge is 0.181 e. The average Bonchev–Trinajstić information content (AvgIpc) is 3.16. The van der Waals surface area contributed by atoms with Crippen molar-refractivity contribution in [3.63, 3.8) is 0 Å². The predicted octanol–water partition coefficient (Wildman–Crippen LogP) is 4.15. The van der Waals surface area contributed by atoms with Gasteiger partial charge < -0.3 is 14.4 Å². The van der Waals surface area contributed by atoms with E-state index in [0.717, 1.165) is 34.4 Å². The quantitative estimate of drug-likeness (QED) is 0.524. The molecule has 2 aromatic rings. The molecule has 7 heteroatoms. The molecule has 0 N–H and O–H groups in total. The third-order valence-electron chi connectivity index (χ3n) is 4.17. The molecule has 0 spiro atoms. The van der Waals surface area contributed by atoms with Gasteiger partial charge in [0.05, 0.1) is 22.4 Å². The van der Waals surface area contributed by atoms with Crippen LogP contribution in [0.4, 0.5) is 5.69 Å². The summed E-state index contributed by atoms with van der Waals surface area (Å²) in [5.74, 6) is 0.869. The first-order valence-electron chi connectivity index (χ1n) is 9.17. The highest BCUT2D eigenvalue weighted by Crippen LogP contribution is 2.34. The molecule has 26 heavy (non-hydrogen) atoms. The van der Waals surface area contributed by atoms with Crippen molar-refractivity contribution < 1.29 is 9.47 Å². The number of anilines is 1. The van der Waals surface area contributed by atoms with E-state index in [-0.39, 0.29) is 24.5 Å². The van der Waals surface area contributed by atoms with Crippen LogP contribution in [-0.2, 0) is 9.47 Å². The minimum atomic E-state index is -0.302. The van der Waals surface area contributed by atoms with Gasteiger partial charge in [-0.1, -0.05) is 0 Å². The number of hydrogen-bond acceptors (Lipinski definition) is 7. The molecule has 1 saturated heterocycles. The summed E-state index contributed by atoms with van der Waals surface area (Å²) in [5, 5.41) is 2.01. The molecular formula is C19H25N3O2S2. The third kappa shape index (κ3) is 4.06. The SMILES string of the molecule is CC(C)OC(OC(C)C)C1CSC(c2nc3ccc(N4CC4)cc3s2)=N1. The molecule has 2 aliphatic rings. The van der Waals surface area contributed by atoms with Crippen LogP contribution in [0, 0.1) is 0 Å². The average molecular weight is 392 g/mol. The molecule has 0 aliphatic carbocycles.